The van der Waals surface area contributed by atoms with E-state index < -0.39 is 0 Å². The highest BCUT2D eigenvalue weighted by Gasteiger charge is 2.33. The first-order valence-corrected chi connectivity index (χ1v) is 7.60. The first-order valence-electron chi connectivity index (χ1n) is 7.60. The molecular formula is C16H27N3O. The number of ether oxygens (including phenoxy) is 1. The van der Waals surface area contributed by atoms with E-state index in [0.29, 0.717) is 5.41 Å². The number of hydrogen-bond donors (Lipinski definition) is 1. The molecule has 1 aromatic heterocycles. The average molecular weight is 277 g/mol. The minimum absolute atomic E-state index is 0.352. The molecule has 4 heteroatoms. The van der Waals surface area contributed by atoms with E-state index in [9.17, 15) is 0 Å². The van der Waals surface area contributed by atoms with Crippen LogP contribution in [0.15, 0.2) is 24.5 Å². The molecule has 0 aromatic carbocycles. The maximum Gasteiger partial charge on any atom is 0.0472 e. The molecule has 0 spiro atoms. The van der Waals surface area contributed by atoms with Crippen LogP contribution < -0.4 is 5.32 Å². The third-order valence-electron chi connectivity index (χ3n) is 4.08. The van der Waals surface area contributed by atoms with Gasteiger partial charge in [-0.2, -0.15) is 0 Å². The highest BCUT2D eigenvalue weighted by atomic mass is 16.5. The zero-order valence-electron chi connectivity index (χ0n) is 12.8. The fourth-order valence-corrected chi connectivity index (χ4v) is 3.02. The second-order valence-electron chi connectivity index (χ2n) is 5.93. The minimum Gasteiger partial charge on any atom is -0.381 e. The monoisotopic (exact) mass is 277 g/mol. The molecule has 0 radical (unpaired) electrons. The number of nitrogens with one attached hydrogen (secondary N) is 1. The Balaban J connectivity index is 1.92. The number of nitrogens with zero attached hydrogens (tertiary/aromatic N) is 2. The SMILES string of the molecule is CCNCC1(CN(C)Cc2cccnc2)CCOCC1. The zero-order chi connectivity index (χ0) is 14.3. The van der Waals surface area contributed by atoms with Gasteiger partial charge in [-0.1, -0.05) is 13.0 Å². The summed E-state index contributed by atoms with van der Waals surface area (Å²) in [7, 11) is 2.20. The molecule has 2 rings (SSSR count). The molecule has 1 fully saturated rings. The van der Waals surface area contributed by atoms with Crippen molar-refractivity contribution in [1.29, 1.82) is 0 Å². The highest BCUT2D eigenvalue weighted by Crippen LogP contribution is 2.31. The Morgan fingerprint density at radius 1 is 1.40 bits per heavy atom. The maximum atomic E-state index is 5.55. The Hall–Kier alpha value is -0.970. The van der Waals surface area contributed by atoms with Gasteiger partial charge in [0.2, 0.25) is 0 Å². The lowest BCUT2D eigenvalue weighted by molar-refractivity contribution is -0.00140. The molecule has 4 nitrogen and oxygen atoms in total. The Morgan fingerprint density at radius 2 is 2.20 bits per heavy atom. The van der Waals surface area contributed by atoms with E-state index >= 15 is 0 Å². The quantitative estimate of drug-likeness (QED) is 0.826. The number of aromatic nitrogens is 1. The van der Waals surface area contributed by atoms with Crippen molar-refractivity contribution in [1.82, 2.24) is 15.2 Å². The predicted octanol–water partition coefficient (Wildman–Crippen LogP) is 1.92. The van der Waals surface area contributed by atoms with E-state index in [-0.39, 0.29) is 0 Å². The van der Waals surface area contributed by atoms with Crippen LogP contribution in [0.25, 0.3) is 0 Å². The molecule has 1 saturated heterocycles. The van der Waals surface area contributed by atoms with E-state index in [0.717, 1.165) is 52.2 Å². The van der Waals surface area contributed by atoms with Crippen molar-refractivity contribution in [3.05, 3.63) is 30.1 Å². The molecular weight excluding hydrogens is 250 g/mol. The van der Waals surface area contributed by atoms with Crippen LogP contribution in [0.3, 0.4) is 0 Å². The predicted molar refractivity (Wildman–Crippen MR) is 81.6 cm³/mol. The second-order valence-corrected chi connectivity index (χ2v) is 5.93. The lowest BCUT2D eigenvalue weighted by Crippen LogP contribution is -2.46. The largest absolute Gasteiger partial charge is 0.381 e. The van der Waals surface area contributed by atoms with Crippen LogP contribution in [0.5, 0.6) is 0 Å². The summed E-state index contributed by atoms with van der Waals surface area (Å²) in [5.41, 5.74) is 1.63. The molecule has 0 atom stereocenters. The molecule has 0 unspecified atom stereocenters. The summed E-state index contributed by atoms with van der Waals surface area (Å²) in [6.07, 6.45) is 6.08. The van der Waals surface area contributed by atoms with Gasteiger partial charge in [-0.3, -0.25) is 4.98 Å². The van der Waals surface area contributed by atoms with E-state index in [1.807, 2.05) is 18.5 Å². The van der Waals surface area contributed by atoms with Crippen LogP contribution in [-0.2, 0) is 11.3 Å². The van der Waals surface area contributed by atoms with E-state index in [1.54, 1.807) is 0 Å². The Kier molecular flexibility index (Phi) is 5.95. The van der Waals surface area contributed by atoms with E-state index in [4.69, 9.17) is 4.74 Å². The van der Waals surface area contributed by atoms with Gasteiger partial charge in [0.05, 0.1) is 0 Å². The summed E-state index contributed by atoms with van der Waals surface area (Å²) in [5.74, 6) is 0. The van der Waals surface area contributed by atoms with Gasteiger partial charge in [-0.25, -0.2) is 0 Å². The van der Waals surface area contributed by atoms with Crippen molar-refractivity contribution in [2.24, 2.45) is 5.41 Å². The maximum absolute atomic E-state index is 5.55. The van der Waals surface area contributed by atoms with Gasteiger partial charge >= 0.3 is 0 Å². The van der Waals surface area contributed by atoms with Gasteiger partial charge < -0.3 is 15.0 Å². The summed E-state index contributed by atoms with van der Waals surface area (Å²) >= 11 is 0. The van der Waals surface area contributed by atoms with Crippen molar-refractivity contribution in [2.75, 3.05) is 39.9 Å². The first-order chi connectivity index (χ1) is 9.74. The third-order valence-corrected chi connectivity index (χ3v) is 4.08. The molecule has 0 aliphatic carbocycles. The average Bonchev–Trinajstić information content (AvgIpc) is 2.47. The van der Waals surface area contributed by atoms with Crippen LogP contribution in [0.2, 0.25) is 0 Å². The summed E-state index contributed by atoms with van der Waals surface area (Å²) in [6.45, 7) is 8.16. The normalized spacial score (nSPS) is 18.4. The van der Waals surface area contributed by atoms with Crippen molar-refractivity contribution < 1.29 is 4.74 Å². The lowest BCUT2D eigenvalue weighted by Gasteiger charge is -2.40. The molecule has 0 amide bonds. The molecule has 1 aliphatic heterocycles. The summed E-state index contributed by atoms with van der Waals surface area (Å²) in [6, 6.07) is 4.15. The fourth-order valence-electron chi connectivity index (χ4n) is 3.02. The molecule has 0 saturated carbocycles. The smallest absolute Gasteiger partial charge is 0.0472 e. The molecule has 20 heavy (non-hydrogen) atoms. The molecule has 1 aliphatic rings. The topological polar surface area (TPSA) is 37.4 Å². The van der Waals surface area contributed by atoms with Crippen molar-refractivity contribution in [2.45, 2.75) is 26.3 Å². The van der Waals surface area contributed by atoms with Crippen LogP contribution in [0.4, 0.5) is 0 Å². The number of rotatable bonds is 7. The van der Waals surface area contributed by atoms with Gasteiger partial charge in [0.25, 0.3) is 0 Å². The molecule has 2 heterocycles. The third kappa shape index (κ3) is 4.54. The molecule has 0 bridgehead atoms. The minimum atomic E-state index is 0.352. The fraction of sp³-hybridized carbons (Fsp3) is 0.688. The van der Waals surface area contributed by atoms with Crippen LogP contribution in [0, 0.1) is 5.41 Å². The van der Waals surface area contributed by atoms with Gasteiger partial charge in [0, 0.05) is 45.2 Å². The van der Waals surface area contributed by atoms with E-state index in [1.165, 1.54) is 5.56 Å². The van der Waals surface area contributed by atoms with Crippen LogP contribution in [0.1, 0.15) is 25.3 Å². The van der Waals surface area contributed by atoms with Gasteiger partial charge in [-0.05, 0) is 43.5 Å². The van der Waals surface area contributed by atoms with Crippen LogP contribution in [-0.4, -0.2) is 49.8 Å². The molecule has 1 N–H and O–H groups in total. The highest BCUT2D eigenvalue weighted by molar-refractivity contribution is 5.08. The summed E-state index contributed by atoms with van der Waals surface area (Å²) in [4.78, 5) is 6.61. The Labute approximate surface area is 122 Å². The molecule has 1 aromatic rings. The molecule has 112 valence electrons. The second kappa shape index (κ2) is 7.72. The number of pyridine rings is 1. The summed E-state index contributed by atoms with van der Waals surface area (Å²) in [5, 5.41) is 3.53. The van der Waals surface area contributed by atoms with Crippen LogP contribution >= 0.6 is 0 Å². The van der Waals surface area contributed by atoms with Crippen molar-refractivity contribution >= 4 is 0 Å². The standard InChI is InChI=1S/C16H27N3O/c1-3-17-13-16(6-9-20-10-7-16)14-19(2)12-15-5-4-8-18-11-15/h4-5,8,11,17H,3,6-7,9-10,12-14H2,1-2H3. The number of hydrogen-bond acceptors (Lipinski definition) is 4. The van der Waals surface area contributed by atoms with Crippen molar-refractivity contribution in [3.63, 3.8) is 0 Å². The van der Waals surface area contributed by atoms with E-state index in [2.05, 4.69) is 35.2 Å². The first kappa shape index (κ1) is 15.4. The Bertz CT molecular complexity index is 377. The van der Waals surface area contributed by atoms with Gasteiger partial charge in [0.15, 0.2) is 0 Å². The van der Waals surface area contributed by atoms with Gasteiger partial charge in [0.1, 0.15) is 0 Å². The Morgan fingerprint density at radius 3 is 2.85 bits per heavy atom. The van der Waals surface area contributed by atoms with Crippen molar-refractivity contribution in [3.8, 4) is 0 Å². The lowest BCUT2D eigenvalue weighted by atomic mass is 9.79. The summed E-state index contributed by atoms with van der Waals surface area (Å²) < 4.78 is 5.55. The zero-order valence-corrected chi connectivity index (χ0v) is 12.8. The van der Waals surface area contributed by atoms with Gasteiger partial charge in [-0.15, -0.1) is 0 Å².